The number of H-pyrrole nitrogens is 4. The number of carbonyl (C=O) groups is 2. The molecule has 6 N–H and O–H groups in total. The van der Waals surface area contributed by atoms with E-state index in [1.807, 2.05) is 72.8 Å². The van der Waals surface area contributed by atoms with Gasteiger partial charge in [-0.05, 0) is 54.6 Å². The van der Waals surface area contributed by atoms with Gasteiger partial charge in [0.05, 0.1) is 83.2 Å². The van der Waals surface area contributed by atoms with Gasteiger partial charge >= 0.3 is 79.1 Å². The number of aromatic carboxylic acids is 2. The van der Waals surface area contributed by atoms with Crippen molar-refractivity contribution in [1.29, 1.82) is 0 Å². The molecule has 21 heteroatoms. The predicted molar refractivity (Wildman–Crippen MR) is 221 cm³/mol. The number of benzene rings is 5. The predicted octanol–water partition coefficient (Wildman–Crippen LogP) is 8.73. The number of hydrogen-bond donors (Lipinski definition) is 6. The van der Waals surface area contributed by atoms with Crippen molar-refractivity contribution < 1.29 is 91.8 Å². The van der Waals surface area contributed by atoms with Crippen molar-refractivity contribution in [1.82, 2.24) is 39.9 Å². The number of hydrogen-bond acceptors (Lipinski definition) is 10. The monoisotopic (exact) mass is 1030 g/mol. The van der Waals surface area contributed by atoms with Crippen LogP contribution in [0.1, 0.15) is 44.0 Å². The van der Waals surface area contributed by atoms with E-state index in [-0.39, 0.29) is 67.1 Å². The van der Waals surface area contributed by atoms with Crippen LogP contribution in [0.25, 0.3) is 44.1 Å². The number of nitrogens with one attached hydrogen (secondary N) is 4. The first-order chi connectivity index (χ1) is 27.7. The summed E-state index contributed by atoms with van der Waals surface area (Å²) in [7, 11) is 0. The van der Waals surface area contributed by atoms with Gasteiger partial charge in [-0.3, -0.25) is 10.1 Å². The average molecular weight is 1040 g/mol. The molecule has 5 aromatic carbocycles. The van der Waals surface area contributed by atoms with Crippen LogP contribution in [-0.4, -0.2) is 66.9 Å². The zero-order valence-corrected chi connectivity index (χ0v) is 37.0. The van der Waals surface area contributed by atoms with Crippen molar-refractivity contribution in [2.24, 2.45) is 0 Å². The number of para-hydroxylation sites is 8. The summed E-state index contributed by atoms with van der Waals surface area (Å²) in [5, 5.41) is 27.5. The fourth-order valence-corrected chi connectivity index (χ4v) is 7.27. The van der Waals surface area contributed by atoms with E-state index in [0.717, 1.165) is 109 Å². The standard InChI is InChI=1S/2C16H14N4S.C8H5NO6.4Co/c2*1-2-6-12-11(5-1)17-15(18-12)9-21-10-16-19-13-7-3-4-8-14(13)20-16;10-7(11)4-1-5(8(12)13)3-6(2-4)9(14)15;;;;/h2*1-8H,9-10H2,(H,17,18)(H,19,20);1-3H,(H,10,11)(H,12,13);;;;/q;;;4*+3. The van der Waals surface area contributed by atoms with Gasteiger partial charge in [0, 0.05) is 12.1 Å². The van der Waals surface area contributed by atoms with Gasteiger partial charge in [-0.25, -0.2) is 29.5 Å². The number of thioether (sulfide) groups is 2. The molecule has 9 aromatic rings. The largest absolute Gasteiger partial charge is 3.00 e. The second kappa shape index (κ2) is 23.9. The van der Waals surface area contributed by atoms with Crippen molar-refractivity contribution in [2.45, 2.75) is 23.0 Å². The van der Waals surface area contributed by atoms with E-state index in [1.165, 1.54) is 0 Å². The summed E-state index contributed by atoms with van der Waals surface area (Å²) in [6.45, 7) is 0. The number of carboxylic acid groups (broad SMARTS) is 2. The zero-order valence-electron chi connectivity index (χ0n) is 31.2. The van der Waals surface area contributed by atoms with Crippen molar-refractivity contribution in [3.8, 4) is 0 Å². The number of nitro benzene ring substituents is 1. The van der Waals surface area contributed by atoms with Crippen LogP contribution in [0, 0.1) is 10.1 Å². The molecule has 0 bridgehead atoms. The van der Waals surface area contributed by atoms with Gasteiger partial charge in [-0.2, -0.15) is 0 Å². The summed E-state index contributed by atoms with van der Waals surface area (Å²) in [6, 6.07) is 34.9. The van der Waals surface area contributed by atoms with E-state index in [4.69, 9.17) is 10.2 Å². The first kappa shape index (κ1) is 50.4. The third kappa shape index (κ3) is 13.5. The van der Waals surface area contributed by atoms with Gasteiger partial charge in [0.25, 0.3) is 5.69 Å². The Morgan fingerprint density at radius 2 is 0.754 bits per heavy atom. The van der Waals surface area contributed by atoms with Crippen molar-refractivity contribution in [3.63, 3.8) is 0 Å². The molecular weight excluding hydrogens is 1000 g/mol. The molecule has 15 nitrogen and oxygen atoms in total. The van der Waals surface area contributed by atoms with Crippen molar-refractivity contribution in [2.75, 3.05) is 0 Å². The van der Waals surface area contributed by atoms with Crippen LogP contribution < -0.4 is 0 Å². The van der Waals surface area contributed by atoms with Gasteiger partial charge < -0.3 is 30.1 Å². The molecule has 0 unspecified atom stereocenters. The summed E-state index contributed by atoms with van der Waals surface area (Å²) >= 11 is 3.60. The summed E-state index contributed by atoms with van der Waals surface area (Å²) in [6.07, 6.45) is 0. The summed E-state index contributed by atoms with van der Waals surface area (Å²) in [4.78, 5) is 62.3. The van der Waals surface area contributed by atoms with Gasteiger partial charge in [-0.1, -0.05) is 48.5 Å². The summed E-state index contributed by atoms with van der Waals surface area (Å²) in [5.74, 6) is 4.63. The van der Waals surface area contributed by atoms with E-state index in [1.54, 1.807) is 23.5 Å². The number of non-ortho nitro benzene ring substituents is 1. The SMILES string of the molecule is O=C(O)c1cc(C(=O)O)cc([N+](=O)[O-])c1.[Co+3].[Co+3].[Co+3].[Co+3].c1ccc2[nH]c(CSCc3nc4ccccc4[nH]3)nc2c1.c1ccc2[nH]c(CSCc3nc4ccccc4[nH]3)nc2c1. The third-order valence-corrected chi connectivity index (χ3v) is 10.2. The maximum atomic E-state index is 10.5. The molecule has 310 valence electrons. The number of carboxylic acids is 2. The fraction of sp³-hybridized carbons (Fsp3) is 0.100. The Kier molecular flexibility index (Phi) is 19.7. The maximum Gasteiger partial charge on any atom is 3.00 e. The molecule has 0 amide bonds. The zero-order chi connectivity index (χ0) is 39.7. The van der Waals surface area contributed by atoms with Gasteiger partial charge in [-0.15, -0.1) is 23.5 Å². The molecule has 0 radical (unpaired) electrons. The van der Waals surface area contributed by atoms with Crippen LogP contribution >= 0.6 is 23.5 Å². The topological polar surface area (TPSA) is 232 Å². The molecule has 61 heavy (non-hydrogen) atoms. The second-order valence-electron chi connectivity index (χ2n) is 12.4. The second-order valence-corrected chi connectivity index (χ2v) is 14.4. The summed E-state index contributed by atoms with van der Waals surface area (Å²) < 4.78 is 0. The average Bonchev–Trinajstić information content (AvgIpc) is 4.02. The molecule has 0 saturated carbocycles. The number of imidazole rings is 4. The number of aromatic amines is 4. The normalized spacial score (nSPS) is 10.2. The number of aromatic nitrogens is 8. The number of nitrogens with zero attached hydrogens (tertiary/aromatic N) is 5. The maximum absolute atomic E-state index is 10.5. The van der Waals surface area contributed by atoms with Crippen LogP contribution in [0.2, 0.25) is 0 Å². The van der Waals surface area contributed by atoms with E-state index >= 15 is 0 Å². The third-order valence-electron chi connectivity index (χ3n) is 8.33. The van der Waals surface area contributed by atoms with Crippen LogP contribution in [0.15, 0.2) is 115 Å². The number of fused-ring (bicyclic) bond motifs is 4. The van der Waals surface area contributed by atoms with Gasteiger partial charge in [0.2, 0.25) is 0 Å². The van der Waals surface area contributed by atoms with Gasteiger partial charge in [0.15, 0.2) is 0 Å². The Morgan fingerprint density at radius 1 is 0.492 bits per heavy atom. The van der Waals surface area contributed by atoms with Gasteiger partial charge in [0.1, 0.15) is 23.3 Å². The van der Waals surface area contributed by atoms with E-state index in [2.05, 4.69) is 64.1 Å². The minimum absolute atomic E-state index is 0. The van der Waals surface area contributed by atoms with E-state index in [9.17, 15) is 19.7 Å². The molecule has 0 aliphatic carbocycles. The molecule has 0 fully saturated rings. The van der Waals surface area contributed by atoms with Crippen LogP contribution in [0.4, 0.5) is 5.69 Å². The molecule has 0 aliphatic rings. The Labute approximate surface area is 396 Å². The fourth-order valence-electron chi connectivity index (χ4n) is 5.75. The first-order valence-electron chi connectivity index (χ1n) is 17.3. The molecular formula is C40H33Co4N9O6S2+12. The van der Waals surface area contributed by atoms with E-state index in [0.29, 0.717) is 0 Å². The Balaban J connectivity index is 0.000000240. The van der Waals surface area contributed by atoms with Crippen LogP contribution in [0.3, 0.4) is 0 Å². The molecule has 0 saturated heterocycles. The number of rotatable bonds is 11. The quantitative estimate of drug-likeness (QED) is 0.0528. The summed E-state index contributed by atoms with van der Waals surface area (Å²) in [5.41, 5.74) is 7.06. The minimum atomic E-state index is -1.42. The molecule has 0 aliphatic heterocycles. The van der Waals surface area contributed by atoms with E-state index < -0.39 is 33.7 Å². The minimum Gasteiger partial charge on any atom is -0.478 e. The van der Waals surface area contributed by atoms with Crippen molar-refractivity contribution in [3.05, 3.63) is 160 Å². The molecule has 4 heterocycles. The van der Waals surface area contributed by atoms with Crippen LogP contribution in [-0.2, 0) is 90.1 Å². The Bertz CT molecular complexity index is 2360. The smallest absolute Gasteiger partial charge is 0.478 e. The number of nitro groups is 1. The van der Waals surface area contributed by atoms with Crippen LogP contribution in [0.5, 0.6) is 0 Å². The molecule has 4 aromatic heterocycles. The Morgan fingerprint density at radius 3 is 0.984 bits per heavy atom. The molecule has 0 spiro atoms. The molecule has 0 atom stereocenters. The first-order valence-corrected chi connectivity index (χ1v) is 19.7. The Hall–Kier alpha value is -4.95. The van der Waals surface area contributed by atoms with Crippen molar-refractivity contribution >= 4 is 85.3 Å². The molecule has 9 rings (SSSR count).